The second-order valence-corrected chi connectivity index (χ2v) is 12.2. The average molecular weight is 548 g/mol. The molecule has 5 heterocycles. The number of aromatic carboxylic acids is 1. The normalized spacial score (nSPS) is 18.1. The monoisotopic (exact) mass is 547 g/mol. The molecule has 0 bridgehead atoms. The Morgan fingerprint density at radius 2 is 1.63 bits per heavy atom. The van der Waals surface area contributed by atoms with Crippen molar-refractivity contribution in [3.8, 4) is 11.5 Å². The number of rotatable bonds is 4. The minimum Gasteiger partial charge on any atom is -0.478 e. The van der Waals surface area contributed by atoms with E-state index < -0.39 is 5.97 Å². The number of nitrogens with zero attached hydrogens (tertiary/aromatic N) is 2. The average Bonchev–Trinajstić information content (AvgIpc) is 3.00. The molecule has 0 aromatic heterocycles. The fourth-order valence-corrected chi connectivity index (χ4v) is 8.12. The Labute approximate surface area is 239 Å². The molecule has 3 aromatic carbocycles. The summed E-state index contributed by atoms with van der Waals surface area (Å²) >= 11 is 0. The lowest BCUT2D eigenvalue weighted by molar-refractivity contribution is 0.0696. The van der Waals surface area contributed by atoms with Crippen LogP contribution in [0.2, 0.25) is 0 Å². The maximum absolute atomic E-state index is 12.9. The van der Waals surface area contributed by atoms with E-state index in [9.17, 15) is 14.7 Å². The van der Waals surface area contributed by atoms with E-state index >= 15 is 0 Å². The van der Waals surface area contributed by atoms with Crippen molar-refractivity contribution in [3.05, 3.63) is 85.4 Å². The van der Waals surface area contributed by atoms with Gasteiger partial charge in [-0.1, -0.05) is 13.0 Å². The maximum Gasteiger partial charge on any atom is 0.336 e. The molecule has 5 aliphatic rings. The first-order chi connectivity index (χ1) is 20.0. The first-order valence-corrected chi connectivity index (χ1v) is 15.4. The van der Waals surface area contributed by atoms with Crippen molar-refractivity contribution in [1.82, 2.24) is 4.58 Å². The van der Waals surface area contributed by atoms with Crippen LogP contribution in [0.25, 0.3) is 5.57 Å². The van der Waals surface area contributed by atoms with Gasteiger partial charge in [-0.05, 0) is 73.9 Å². The van der Waals surface area contributed by atoms with Crippen LogP contribution < -0.4 is 24.8 Å². The van der Waals surface area contributed by atoms with Gasteiger partial charge in [-0.15, -0.1) is 0 Å². The zero-order valence-electron chi connectivity index (χ0n) is 23.6. The third kappa shape index (κ3) is 3.65. The SMILES string of the molecule is CCC(=O)c1ccc(C(=O)O)c(C2=c3cc4c5c(c3Oc3c2cc2c6c3CCCN6CCC2)CCC[N+]=5CCC4)c1. The standard InChI is InChI=1S/C35H34N2O4/c1-2-29(38)20-11-12-23(35(39)40)26(17-20)30-27-18-21-7-3-13-36-15-5-9-24(31(21)36)33(27)41-34-25-10-6-16-37-14-4-8-22(32(25)37)19-28(30)34/h11-12,17-19H,2-10,13-16H2,1H3/p+1. The number of aryl methyl sites for hydroxylation is 2. The summed E-state index contributed by atoms with van der Waals surface area (Å²) in [7, 11) is 0. The smallest absolute Gasteiger partial charge is 0.336 e. The molecule has 3 aromatic rings. The quantitative estimate of drug-likeness (QED) is 0.303. The number of benzene rings is 3. The van der Waals surface area contributed by atoms with Gasteiger partial charge in [-0.25, -0.2) is 9.37 Å². The third-order valence-electron chi connectivity index (χ3n) is 9.85. The van der Waals surface area contributed by atoms with Gasteiger partial charge in [0.2, 0.25) is 5.36 Å². The highest BCUT2D eigenvalue weighted by Crippen LogP contribution is 2.48. The molecule has 1 N–H and O–H groups in total. The molecule has 41 heavy (non-hydrogen) atoms. The van der Waals surface area contributed by atoms with E-state index in [1.807, 2.05) is 13.0 Å². The number of fused-ring (bicyclic) bond motifs is 4. The highest BCUT2D eigenvalue weighted by molar-refractivity contribution is 6.03. The molecule has 0 amide bonds. The lowest BCUT2D eigenvalue weighted by Gasteiger charge is -2.39. The molecule has 6 nitrogen and oxygen atoms in total. The number of Topliss-reactive ketones (excluding diaryl/α,β-unsaturated/α-hetero) is 1. The topological polar surface area (TPSA) is 69.9 Å². The van der Waals surface area contributed by atoms with Crippen molar-refractivity contribution in [2.45, 2.75) is 64.7 Å². The molecular formula is C35H35N2O4+. The second-order valence-electron chi connectivity index (χ2n) is 12.2. The zero-order chi connectivity index (χ0) is 27.8. The summed E-state index contributed by atoms with van der Waals surface area (Å²) in [6.45, 7) is 6.15. The van der Waals surface area contributed by atoms with Gasteiger partial charge in [-0.2, -0.15) is 0 Å². The Hall–Kier alpha value is -3.93. The largest absolute Gasteiger partial charge is 0.478 e. The number of ketones is 1. The van der Waals surface area contributed by atoms with E-state index in [-0.39, 0.29) is 11.3 Å². The van der Waals surface area contributed by atoms with Crippen LogP contribution in [-0.2, 0) is 25.7 Å². The second kappa shape index (κ2) is 9.30. The minimum atomic E-state index is -0.978. The fraction of sp³-hybridized carbons (Fsp3) is 0.400. The van der Waals surface area contributed by atoms with Crippen LogP contribution in [-0.4, -0.2) is 43.0 Å². The van der Waals surface area contributed by atoms with Crippen LogP contribution in [0, 0.1) is 0 Å². The van der Waals surface area contributed by atoms with E-state index in [4.69, 9.17) is 4.74 Å². The van der Waals surface area contributed by atoms with Gasteiger partial charge in [0, 0.05) is 71.1 Å². The molecule has 0 aliphatic carbocycles. The summed E-state index contributed by atoms with van der Waals surface area (Å²) in [6, 6.07) is 9.68. The molecule has 0 saturated heterocycles. The van der Waals surface area contributed by atoms with Crippen LogP contribution >= 0.6 is 0 Å². The fourth-order valence-electron chi connectivity index (χ4n) is 8.12. The molecular weight excluding hydrogens is 512 g/mol. The van der Waals surface area contributed by atoms with Gasteiger partial charge in [0.05, 0.1) is 11.1 Å². The number of hydrogen-bond acceptors (Lipinski definition) is 4. The summed E-state index contributed by atoms with van der Waals surface area (Å²) in [6.07, 6.45) is 8.71. The van der Waals surface area contributed by atoms with Gasteiger partial charge < -0.3 is 14.7 Å². The van der Waals surface area contributed by atoms with Gasteiger partial charge in [-0.3, -0.25) is 4.79 Å². The van der Waals surface area contributed by atoms with E-state index in [0.717, 1.165) is 105 Å². The zero-order valence-corrected chi connectivity index (χ0v) is 23.6. The molecule has 0 fully saturated rings. The molecule has 6 heteroatoms. The van der Waals surface area contributed by atoms with E-state index in [1.165, 1.54) is 33.3 Å². The van der Waals surface area contributed by atoms with Crippen molar-refractivity contribution in [3.63, 3.8) is 0 Å². The Morgan fingerprint density at radius 1 is 0.878 bits per heavy atom. The molecule has 0 atom stereocenters. The van der Waals surface area contributed by atoms with Crippen molar-refractivity contribution >= 4 is 23.0 Å². The molecule has 8 rings (SSSR count). The summed E-state index contributed by atoms with van der Waals surface area (Å²) < 4.78 is 9.61. The Kier molecular flexibility index (Phi) is 5.63. The lowest BCUT2D eigenvalue weighted by atomic mass is 9.81. The van der Waals surface area contributed by atoms with E-state index in [2.05, 4.69) is 21.6 Å². The predicted octanol–water partition coefficient (Wildman–Crippen LogP) is 4.41. The van der Waals surface area contributed by atoms with Gasteiger partial charge >= 0.3 is 5.97 Å². The highest BCUT2D eigenvalue weighted by atomic mass is 16.5. The number of anilines is 1. The van der Waals surface area contributed by atoms with Crippen LogP contribution in [0.3, 0.4) is 0 Å². The van der Waals surface area contributed by atoms with Gasteiger partial charge in [0.25, 0.3) is 0 Å². The third-order valence-corrected chi connectivity index (χ3v) is 9.85. The molecule has 208 valence electrons. The summed E-state index contributed by atoms with van der Waals surface area (Å²) in [5.41, 5.74) is 9.83. The number of ether oxygens (including phenoxy) is 1. The number of carboxylic acids is 1. The molecule has 5 aliphatic heterocycles. The number of carbonyl (C=O) groups is 2. The van der Waals surface area contributed by atoms with Crippen LogP contribution in [0.5, 0.6) is 11.5 Å². The number of carboxylic acid groups (broad SMARTS) is 1. The predicted molar refractivity (Wildman–Crippen MR) is 158 cm³/mol. The molecule has 0 saturated carbocycles. The van der Waals surface area contributed by atoms with E-state index in [1.54, 1.807) is 12.1 Å². The van der Waals surface area contributed by atoms with Crippen LogP contribution in [0.1, 0.15) is 93.1 Å². The van der Waals surface area contributed by atoms with Gasteiger partial charge in [0.15, 0.2) is 5.78 Å². The maximum atomic E-state index is 12.9. The van der Waals surface area contributed by atoms with Crippen molar-refractivity contribution in [1.29, 1.82) is 0 Å². The summed E-state index contributed by atoms with van der Waals surface area (Å²) in [5.74, 6) is 0.827. The number of hydrogen-bond donors (Lipinski definition) is 1. The Morgan fingerprint density at radius 3 is 2.44 bits per heavy atom. The van der Waals surface area contributed by atoms with E-state index in [0.29, 0.717) is 17.5 Å². The number of carbonyl (C=O) groups excluding carboxylic acids is 1. The van der Waals surface area contributed by atoms with Crippen molar-refractivity contribution in [2.24, 2.45) is 0 Å². The Balaban J connectivity index is 1.54. The van der Waals surface area contributed by atoms with Crippen molar-refractivity contribution < 1.29 is 19.4 Å². The van der Waals surface area contributed by atoms with Crippen molar-refractivity contribution in [2.75, 3.05) is 31.1 Å². The minimum absolute atomic E-state index is 0.0173. The Bertz CT molecular complexity index is 1810. The van der Waals surface area contributed by atoms with Crippen LogP contribution in [0.4, 0.5) is 5.69 Å². The molecule has 0 radical (unpaired) electrons. The molecule has 0 unspecified atom stereocenters. The lowest BCUT2D eigenvalue weighted by Crippen LogP contribution is -2.45. The summed E-state index contributed by atoms with van der Waals surface area (Å²) in [5, 5.41) is 12.7. The van der Waals surface area contributed by atoms with Gasteiger partial charge in [0.1, 0.15) is 24.6 Å². The first kappa shape index (κ1) is 24.8. The van der Waals surface area contributed by atoms with Crippen LogP contribution in [0.15, 0.2) is 30.3 Å². The highest BCUT2D eigenvalue weighted by Gasteiger charge is 2.36. The molecule has 0 spiro atoms. The first-order valence-electron chi connectivity index (χ1n) is 15.4. The summed E-state index contributed by atoms with van der Waals surface area (Å²) in [4.78, 5) is 28.1.